The summed E-state index contributed by atoms with van der Waals surface area (Å²) in [6.07, 6.45) is 5.75. The van der Waals surface area contributed by atoms with Crippen molar-refractivity contribution in [2.24, 2.45) is 5.92 Å². The summed E-state index contributed by atoms with van der Waals surface area (Å²) < 4.78 is 4.76. The third-order valence-electron chi connectivity index (χ3n) is 2.84. The van der Waals surface area contributed by atoms with Crippen molar-refractivity contribution in [2.45, 2.75) is 51.6 Å². The van der Waals surface area contributed by atoms with Crippen LogP contribution < -0.4 is 0 Å². The van der Waals surface area contributed by atoms with Crippen molar-refractivity contribution in [1.29, 1.82) is 0 Å². The second kappa shape index (κ2) is 6.02. The fourth-order valence-electron chi connectivity index (χ4n) is 2.07. The van der Waals surface area contributed by atoms with Gasteiger partial charge in [0.1, 0.15) is 0 Å². The number of aliphatic hydroxyl groups is 1. The summed E-state index contributed by atoms with van der Waals surface area (Å²) in [6.45, 7) is 2.10. The molecule has 0 amide bonds. The van der Waals surface area contributed by atoms with E-state index in [0.717, 1.165) is 12.8 Å². The maximum atomic E-state index is 11.1. The molecule has 3 heteroatoms. The van der Waals surface area contributed by atoms with Gasteiger partial charge in [0.25, 0.3) is 0 Å². The van der Waals surface area contributed by atoms with E-state index in [-0.39, 0.29) is 0 Å². The molecule has 0 spiro atoms. The Bertz CT molecular complexity index is 173. The Morgan fingerprint density at radius 3 is 2.64 bits per heavy atom. The number of rotatable bonds is 4. The van der Waals surface area contributed by atoms with Crippen molar-refractivity contribution in [3.05, 3.63) is 0 Å². The van der Waals surface area contributed by atoms with Crippen LogP contribution in [0, 0.1) is 5.92 Å². The topological polar surface area (TPSA) is 46.5 Å². The van der Waals surface area contributed by atoms with Crippen molar-refractivity contribution in [3.8, 4) is 0 Å². The van der Waals surface area contributed by atoms with Crippen LogP contribution in [0.1, 0.15) is 45.4 Å². The largest absolute Gasteiger partial charge is 0.464 e. The van der Waals surface area contributed by atoms with Gasteiger partial charge in [-0.05, 0) is 19.3 Å². The molecule has 1 atom stereocenters. The van der Waals surface area contributed by atoms with Crippen LogP contribution in [0.15, 0.2) is 0 Å². The van der Waals surface area contributed by atoms with Crippen LogP contribution in [-0.4, -0.2) is 23.8 Å². The van der Waals surface area contributed by atoms with E-state index < -0.39 is 12.1 Å². The van der Waals surface area contributed by atoms with Crippen LogP contribution in [-0.2, 0) is 9.53 Å². The number of carbonyl (C=O) groups excluding carboxylic acids is 1. The third-order valence-corrected chi connectivity index (χ3v) is 2.84. The molecule has 0 heterocycles. The van der Waals surface area contributed by atoms with Crippen molar-refractivity contribution in [2.75, 3.05) is 6.61 Å². The summed E-state index contributed by atoms with van der Waals surface area (Å²) in [5, 5.41) is 9.53. The van der Waals surface area contributed by atoms with Gasteiger partial charge >= 0.3 is 5.97 Å². The van der Waals surface area contributed by atoms with Gasteiger partial charge in [-0.15, -0.1) is 0 Å². The maximum absolute atomic E-state index is 11.1. The van der Waals surface area contributed by atoms with Gasteiger partial charge in [0, 0.05) is 0 Å². The number of ether oxygens (including phenoxy) is 1. The molecule has 0 aliphatic heterocycles. The quantitative estimate of drug-likeness (QED) is 0.705. The molecule has 0 bridgehead atoms. The lowest BCUT2D eigenvalue weighted by Crippen LogP contribution is -2.26. The van der Waals surface area contributed by atoms with Gasteiger partial charge in [0.2, 0.25) is 0 Å². The highest BCUT2D eigenvalue weighted by atomic mass is 16.5. The highest BCUT2D eigenvalue weighted by Crippen LogP contribution is 2.27. The predicted octanol–water partition coefficient (Wildman–Crippen LogP) is 1.88. The first-order valence-corrected chi connectivity index (χ1v) is 5.58. The molecule has 1 aliphatic rings. The number of aliphatic hydroxyl groups excluding tert-OH is 1. The minimum Gasteiger partial charge on any atom is -0.464 e. The molecule has 1 aliphatic carbocycles. The minimum atomic E-state index is -0.905. The van der Waals surface area contributed by atoms with Crippen molar-refractivity contribution >= 4 is 5.97 Å². The van der Waals surface area contributed by atoms with Crippen LogP contribution >= 0.6 is 0 Å². The SMILES string of the molecule is CCOC(=O)[C@H](O)CC1CCCCC1. The third kappa shape index (κ3) is 3.66. The lowest BCUT2D eigenvalue weighted by molar-refractivity contribution is -0.154. The van der Waals surface area contributed by atoms with Gasteiger partial charge < -0.3 is 9.84 Å². The molecule has 0 aromatic rings. The predicted molar refractivity (Wildman–Crippen MR) is 53.8 cm³/mol. The van der Waals surface area contributed by atoms with Gasteiger partial charge in [0.15, 0.2) is 6.10 Å². The molecule has 0 saturated heterocycles. The fourth-order valence-corrected chi connectivity index (χ4v) is 2.07. The molecule has 0 radical (unpaired) electrons. The second-order valence-corrected chi connectivity index (χ2v) is 4.01. The normalized spacial score (nSPS) is 20.4. The Morgan fingerprint density at radius 1 is 1.43 bits per heavy atom. The molecule has 0 unspecified atom stereocenters. The summed E-state index contributed by atoms with van der Waals surface area (Å²) in [4.78, 5) is 11.1. The Hall–Kier alpha value is -0.570. The second-order valence-electron chi connectivity index (χ2n) is 4.01. The number of carbonyl (C=O) groups is 1. The molecule has 0 aromatic carbocycles. The average Bonchev–Trinajstić information content (AvgIpc) is 2.19. The molecule has 1 saturated carbocycles. The highest BCUT2D eigenvalue weighted by molar-refractivity contribution is 5.74. The zero-order chi connectivity index (χ0) is 10.4. The van der Waals surface area contributed by atoms with Gasteiger partial charge in [-0.2, -0.15) is 0 Å². The van der Waals surface area contributed by atoms with Crippen molar-refractivity contribution < 1.29 is 14.6 Å². The van der Waals surface area contributed by atoms with Gasteiger partial charge in [-0.25, -0.2) is 4.79 Å². The zero-order valence-electron chi connectivity index (χ0n) is 8.87. The first kappa shape index (κ1) is 11.5. The van der Waals surface area contributed by atoms with E-state index in [4.69, 9.17) is 4.74 Å². The van der Waals surface area contributed by atoms with Crippen molar-refractivity contribution in [3.63, 3.8) is 0 Å². The zero-order valence-corrected chi connectivity index (χ0v) is 8.87. The lowest BCUT2D eigenvalue weighted by atomic mass is 9.85. The monoisotopic (exact) mass is 200 g/mol. The smallest absolute Gasteiger partial charge is 0.334 e. The Balaban J connectivity index is 2.24. The average molecular weight is 200 g/mol. The van der Waals surface area contributed by atoms with E-state index in [1.165, 1.54) is 19.3 Å². The molecule has 82 valence electrons. The molecule has 1 N–H and O–H groups in total. The first-order valence-electron chi connectivity index (χ1n) is 5.58. The van der Waals surface area contributed by atoms with Gasteiger partial charge in [-0.1, -0.05) is 32.1 Å². The van der Waals surface area contributed by atoms with Gasteiger partial charge in [-0.3, -0.25) is 0 Å². The highest BCUT2D eigenvalue weighted by Gasteiger charge is 2.22. The van der Waals surface area contributed by atoms with E-state index >= 15 is 0 Å². The molecule has 0 aromatic heterocycles. The number of hydrogen-bond acceptors (Lipinski definition) is 3. The van der Waals surface area contributed by atoms with E-state index in [2.05, 4.69) is 0 Å². The molecule has 3 nitrogen and oxygen atoms in total. The molecule has 14 heavy (non-hydrogen) atoms. The van der Waals surface area contributed by atoms with Crippen LogP contribution in [0.5, 0.6) is 0 Å². The van der Waals surface area contributed by atoms with Gasteiger partial charge in [0.05, 0.1) is 6.61 Å². The van der Waals surface area contributed by atoms with Crippen molar-refractivity contribution in [1.82, 2.24) is 0 Å². The lowest BCUT2D eigenvalue weighted by Gasteiger charge is -2.23. The summed E-state index contributed by atoms with van der Waals surface area (Å²) >= 11 is 0. The Kier molecular flexibility index (Phi) is 4.94. The Morgan fingerprint density at radius 2 is 2.07 bits per heavy atom. The summed E-state index contributed by atoms with van der Waals surface area (Å²) in [5.41, 5.74) is 0. The molecular weight excluding hydrogens is 180 g/mol. The fraction of sp³-hybridized carbons (Fsp3) is 0.909. The molecule has 1 fully saturated rings. The summed E-state index contributed by atoms with van der Waals surface area (Å²) in [6, 6.07) is 0. The standard InChI is InChI=1S/C11H20O3/c1-2-14-11(13)10(12)8-9-6-4-3-5-7-9/h9-10,12H,2-8H2,1H3/t10-/m1/s1. The van der Waals surface area contributed by atoms with E-state index in [0.29, 0.717) is 18.9 Å². The van der Waals surface area contributed by atoms with E-state index in [1.54, 1.807) is 6.92 Å². The van der Waals surface area contributed by atoms with Crippen LogP contribution in [0.2, 0.25) is 0 Å². The summed E-state index contributed by atoms with van der Waals surface area (Å²) in [7, 11) is 0. The number of hydrogen-bond donors (Lipinski definition) is 1. The number of esters is 1. The van der Waals surface area contributed by atoms with E-state index in [1.807, 2.05) is 0 Å². The van der Waals surface area contributed by atoms with Crippen LogP contribution in [0.3, 0.4) is 0 Å². The summed E-state index contributed by atoms with van der Waals surface area (Å²) in [5.74, 6) is 0.0567. The minimum absolute atomic E-state index is 0.348. The van der Waals surface area contributed by atoms with Crippen LogP contribution in [0.25, 0.3) is 0 Å². The molecular formula is C11H20O3. The van der Waals surface area contributed by atoms with E-state index in [9.17, 15) is 9.90 Å². The first-order chi connectivity index (χ1) is 6.74. The van der Waals surface area contributed by atoms with Crippen LogP contribution in [0.4, 0.5) is 0 Å². The Labute approximate surface area is 85.5 Å². The maximum Gasteiger partial charge on any atom is 0.334 e. The molecule has 1 rings (SSSR count).